The number of piperidine rings is 1. The van der Waals surface area contributed by atoms with E-state index in [1.807, 2.05) is 6.07 Å². The molecule has 2 aliphatic rings. The van der Waals surface area contributed by atoms with E-state index in [0.717, 1.165) is 42.9 Å². The molecule has 30 heavy (non-hydrogen) atoms. The summed E-state index contributed by atoms with van der Waals surface area (Å²) >= 11 is 0. The number of aliphatic imine (C=N–C) groups is 1. The summed E-state index contributed by atoms with van der Waals surface area (Å²) in [6.45, 7) is 2.15. The fourth-order valence-corrected chi connectivity index (χ4v) is 4.17. The predicted molar refractivity (Wildman–Crippen MR) is 113 cm³/mol. The second kappa shape index (κ2) is 7.57. The maximum absolute atomic E-state index is 14.3. The molecule has 2 N–H and O–H groups in total. The number of benzene rings is 2. The summed E-state index contributed by atoms with van der Waals surface area (Å²) in [6, 6.07) is 9.41. The minimum absolute atomic E-state index is 0.0336. The maximum atomic E-state index is 14.3. The average molecular weight is 405 g/mol. The highest BCUT2D eigenvalue weighted by Crippen LogP contribution is 2.31. The van der Waals surface area contributed by atoms with Crippen molar-refractivity contribution >= 4 is 11.5 Å². The van der Waals surface area contributed by atoms with Crippen LogP contribution in [0.4, 0.5) is 14.6 Å². The van der Waals surface area contributed by atoms with Gasteiger partial charge in [-0.05, 0) is 42.2 Å². The molecule has 1 aromatic heterocycles. The Morgan fingerprint density at radius 1 is 1.07 bits per heavy atom. The molecule has 3 aromatic rings. The number of halogens is 2. The summed E-state index contributed by atoms with van der Waals surface area (Å²) in [6.07, 6.45) is 5.45. The summed E-state index contributed by atoms with van der Waals surface area (Å²) < 4.78 is 28.6. The molecule has 0 radical (unpaired) electrons. The lowest BCUT2D eigenvalue weighted by molar-refractivity contribution is 0.502. The Bertz CT molecular complexity index is 1120. The molecule has 1 atom stereocenters. The van der Waals surface area contributed by atoms with Crippen LogP contribution in [0.1, 0.15) is 29.7 Å². The number of nitrogens with two attached hydrogens (primary N) is 1. The van der Waals surface area contributed by atoms with Gasteiger partial charge in [0.2, 0.25) is 0 Å². The first-order valence-corrected chi connectivity index (χ1v) is 10.1. The first-order valence-electron chi connectivity index (χ1n) is 10.1. The second-order valence-electron chi connectivity index (χ2n) is 7.74. The van der Waals surface area contributed by atoms with Crippen LogP contribution in [0.3, 0.4) is 0 Å². The molecule has 1 unspecified atom stereocenters. The molecule has 0 saturated carbocycles. The maximum Gasteiger partial charge on any atom is 0.147 e. The molecule has 0 amide bonds. The van der Waals surface area contributed by atoms with Crippen LogP contribution in [-0.4, -0.2) is 34.8 Å². The van der Waals surface area contributed by atoms with Gasteiger partial charge in [0.05, 0.1) is 30.2 Å². The van der Waals surface area contributed by atoms with Crippen LogP contribution in [0.5, 0.6) is 0 Å². The molecule has 0 bridgehead atoms. The lowest BCUT2D eigenvalue weighted by Crippen LogP contribution is -2.43. The quantitative estimate of drug-likeness (QED) is 0.722. The summed E-state index contributed by atoms with van der Waals surface area (Å²) in [5.41, 5.74) is 9.72. The molecule has 1 saturated heterocycles. The van der Waals surface area contributed by atoms with Crippen molar-refractivity contribution in [3.8, 4) is 11.1 Å². The Balaban J connectivity index is 1.51. The van der Waals surface area contributed by atoms with Gasteiger partial charge < -0.3 is 10.6 Å². The number of hydrogen-bond acceptors (Lipinski definition) is 5. The normalized spacial score (nSPS) is 18.3. The van der Waals surface area contributed by atoms with E-state index in [-0.39, 0.29) is 11.6 Å². The molecule has 152 valence electrons. The average Bonchev–Trinajstić information content (AvgIpc) is 3.17. The van der Waals surface area contributed by atoms with Gasteiger partial charge in [-0.15, -0.1) is 0 Å². The molecule has 5 nitrogen and oxygen atoms in total. The molecule has 3 heterocycles. The van der Waals surface area contributed by atoms with Gasteiger partial charge in [-0.25, -0.2) is 13.8 Å². The summed E-state index contributed by atoms with van der Waals surface area (Å²) in [5, 5.41) is 0. The topological polar surface area (TPSA) is 67.4 Å². The number of nitrogens with zero attached hydrogens (tertiary/aromatic N) is 4. The lowest BCUT2D eigenvalue weighted by Gasteiger charge is -2.31. The monoisotopic (exact) mass is 405 g/mol. The molecule has 2 aliphatic heterocycles. The number of fused-ring (bicyclic) bond motifs is 1. The fraction of sp³-hybridized carbons (Fsp3) is 0.261. The number of anilines is 1. The Labute approximate surface area is 173 Å². The van der Waals surface area contributed by atoms with Gasteiger partial charge in [0.1, 0.15) is 23.1 Å². The zero-order valence-electron chi connectivity index (χ0n) is 16.4. The lowest BCUT2D eigenvalue weighted by atomic mass is 9.96. The third-order valence-corrected chi connectivity index (χ3v) is 5.67. The number of hydrogen-bond donors (Lipinski definition) is 1. The number of rotatable bonds is 3. The summed E-state index contributed by atoms with van der Waals surface area (Å²) in [4.78, 5) is 15.9. The molecule has 7 heteroatoms. The highest BCUT2D eigenvalue weighted by Gasteiger charge is 2.23. The molecule has 0 spiro atoms. The Hall–Kier alpha value is -3.19. The highest BCUT2D eigenvalue weighted by molar-refractivity contribution is 6.14. The van der Waals surface area contributed by atoms with Crippen LogP contribution < -0.4 is 10.6 Å². The Kier molecular flexibility index (Phi) is 4.75. The number of aromatic nitrogens is 2. The first-order chi connectivity index (χ1) is 14.6. The summed E-state index contributed by atoms with van der Waals surface area (Å²) in [5.74, 6) is -0.403. The van der Waals surface area contributed by atoms with E-state index in [9.17, 15) is 8.78 Å². The fourth-order valence-electron chi connectivity index (χ4n) is 4.17. The van der Waals surface area contributed by atoms with Crippen molar-refractivity contribution in [1.82, 2.24) is 9.97 Å². The van der Waals surface area contributed by atoms with Crippen molar-refractivity contribution in [3.05, 3.63) is 77.2 Å². The van der Waals surface area contributed by atoms with Crippen LogP contribution in [0.15, 0.2) is 53.8 Å². The minimum atomic E-state index is -0.588. The van der Waals surface area contributed by atoms with Gasteiger partial charge in [0.25, 0.3) is 0 Å². The first kappa shape index (κ1) is 18.8. The van der Waals surface area contributed by atoms with Crippen LogP contribution in [0, 0.1) is 11.6 Å². The smallest absolute Gasteiger partial charge is 0.147 e. The Morgan fingerprint density at radius 2 is 1.90 bits per heavy atom. The minimum Gasteiger partial charge on any atom is -0.354 e. The van der Waals surface area contributed by atoms with E-state index in [4.69, 9.17) is 10.7 Å². The Morgan fingerprint density at radius 3 is 2.70 bits per heavy atom. The van der Waals surface area contributed by atoms with Crippen LogP contribution in [-0.2, 0) is 6.54 Å². The molecular formula is C23H21F2N5. The zero-order valence-corrected chi connectivity index (χ0v) is 16.4. The predicted octanol–water partition coefficient (Wildman–Crippen LogP) is 3.70. The molecular weight excluding hydrogens is 384 g/mol. The zero-order chi connectivity index (χ0) is 20.7. The third kappa shape index (κ3) is 3.35. The molecule has 1 fully saturated rings. The van der Waals surface area contributed by atoms with E-state index in [1.165, 1.54) is 18.2 Å². The highest BCUT2D eigenvalue weighted by atomic mass is 19.1. The molecule has 2 aromatic carbocycles. The van der Waals surface area contributed by atoms with Crippen molar-refractivity contribution < 1.29 is 8.78 Å². The van der Waals surface area contributed by atoms with Gasteiger partial charge in [-0.2, -0.15) is 0 Å². The van der Waals surface area contributed by atoms with Crippen LogP contribution in [0.25, 0.3) is 11.1 Å². The van der Waals surface area contributed by atoms with Gasteiger partial charge in [-0.3, -0.25) is 9.98 Å². The van der Waals surface area contributed by atoms with Crippen molar-refractivity contribution in [3.63, 3.8) is 0 Å². The second-order valence-corrected chi connectivity index (χ2v) is 7.74. The van der Waals surface area contributed by atoms with Gasteiger partial charge in [0, 0.05) is 24.7 Å². The SMILES string of the molecule is NC1CCCN(c2cncc(C3=NCc4ccc(-c5c(F)cccc5F)cc43)n2)C1. The van der Waals surface area contributed by atoms with Crippen LogP contribution >= 0.6 is 0 Å². The van der Waals surface area contributed by atoms with Gasteiger partial charge in [0.15, 0.2) is 0 Å². The van der Waals surface area contributed by atoms with E-state index in [0.29, 0.717) is 23.5 Å². The largest absolute Gasteiger partial charge is 0.354 e. The van der Waals surface area contributed by atoms with Gasteiger partial charge >= 0.3 is 0 Å². The van der Waals surface area contributed by atoms with Gasteiger partial charge in [-0.1, -0.05) is 18.2 Å². The third-order valence-electron chi connectivity index (χ3n) is 5.67. The van der Waals surface area contributed by atoms with Crippen molar-refractivity contribution in [2.24, 2.45) is 10.7 Å². The van der Waals surface area contributed by atoms with Crippen molar-refractivity contribution in [2.75, 3.05) is 18.0 Å². The molecule has 0 aliphatic carbocycles. The van der Waals surface area contributed by atoms with E-state index >= 15 is 0 Å². The van der Waals surface area contributed by atoms with E-state index in [2.05, 4.69) is 14.9 Å². The van der Waals surface area contributed by atoms with Crippen molar-refractivity contribution in [1.29, 1.82) is 0 Å². The molecule has 5 rings (SSSR count). The summed E-state index contributed by atoms with van der Waals surface area (Å²) in [7, 11) is 0. The van der Waals surface area contributed by atoms with Crippen LogP contribution in [0.2, 0.25) is 0 Å². The van der Waals surface area contributed by atoms with E-state index in [1.54, 1.807) is 24.5 Å². The van der Waals surface area contributed by atoms with Crippen molar-refractivity contribution in [2.45, 2.75) is 25.4 Å². The standard InChI is InChI=1S/C23H21F2N5/c24-18-4-1-5-19(25)22(18)14-6-7-15-10-28-23(17(15)9-14)20-11-27-12-21(29-20)30-8-2-3-16(26)13-30/h1,4-7,9,11-12,16H,2-3,8,10,13,26H2. The van der Waals surface area contributed by atoms with E-state index < -0.39 is 11.6 Å².